The quantitative estimate of drug-likeness (QED) is 0.277. The molecule has 0 amide bonds. The van der Waals surface area contributed by atoms with E-state index in [1.807, 2.05) is 0 Å². The van der Waals surface area contributed by atoms with Gasteiger partial charge in [-0.3, -0.25) is 0 Å². The Morgan fingerprint density at radius 2 is 0.667 bits per heavy atom. The van der Waals surface area contributed by atoms with Gasteiger partial charge in [-0.25, -0.2) is 0 Å². The zero-order valence-corrected chi connectivity index (χ0v) is 15.2. The topological polar surface area (TPSA) is 129 Å². The molecule has 1 aliphatic rings. The average molecular weight is 348 g/mol. The molecule has 0 spiro atoms. The van der Waals surface area contributed by atoms with Crippen LogP contribution in [0.5, 0.6) is 0 Å². The van der Waals surface area contributed by atoms with Gasteiger partial charge in [0.15, 0.2) is 0 Å². The van der Waals surface area contributed by atoms with Crippen molar-refractivity contribution < 1.29 is 20.4 Å². The maximum absolute atomic E-state index is 9.95. The van der Waals surface area contributed by atoms with Gasteiger partial charge in [-0.05, 0) is 27.7 Å². The molecule has 0 aromatic carbocycles. The highest BCUT2D eigenvalue weighted by Crippen LogP contribution is 2.02. The molecule has 8 N–H and O–H groups in total. The van der Waals surface area contributed by atoms with E-state index in [-0.39, 0.29) is 24.2 Å². The van der Waals surface area contributed by atoms with E-state index in [2.05, 4.69) is 21.3 Å². The molecule has 144 valence electrons. The van der Waals surface area contributed by atoms with Crippen molar-refractivity contribution in [2.24, 2.45) is 0 Å². The lowest BCUT2D eigenvalue weighted by Crippen LogP contribution is -2.60. The molecule has 1 rings (SSSR count). The third-order valence-electron chi connectivity index (χ3n) is 4.73. The minimum atomic E-state index is -0.567. The summed E-state index contributed by atoms with van der Waals surface area (Å²) in [6.07, 6.45) is -2.27. The van der Waals surface area contributed by atoms with Gasteiger partial charge in [-0.2, -0.15) is 0 Å². The van der Waals surface area contributed by atoms with E-state index in [9.17, 15) is 20.4 Å². The maximum Gasteiger partial charge on any atom is 0.0677 e. The van der Waals surface area contributed by atoms with Crippen LogP contribution in [0.4, 0.5) is 0 Å². The zero-order valence-electron chi connectivity index (χ0n) is 15.2. The Hall–Kier alpha value is -0.320. The molecule has 1 heterocycles. The van der Waals surface area contributed by atoms with E-state index in [0.29, 0.717) is 26.2 Å². The lowest BCUT2D eigenvalue weighted by molar-refractivity contribution is 0.0908. The molecule has 1 saturated heterocycles. The summed E-state index contributed by atoms with van der Waals surface area (Å²) < 4.78 is 0. The molecular weight excluding hydrogens is 312 g/mol. The molecule has 1 aliphatic heterocycles. The van der Waals surface area contributed by atoms with Crippen molar-refractivity contribution in [1.82, 2.24) is 21.3 Å². The van der Waals surface area contributed by atoms with Crippen molar-refractivity contribution in [2.45, 2.75) is 76.3 Å². The first-order valence-electron chi connectivity index (χ1n) is 8.88. The highest BCUT2D eigenvalue weighted by atomic mass is 16.3. The number of aliphatic hydroxyl groups excluding tert-OH is 4. The van der Waals surface area contributed by atoms with Crippen molar-refractivity contribution >= 4 is 0 Å². The van der Waals surface area contributed by atoms with Gasteiger partial charge in [0.25, 0.3) is 0 Å². The van der Waals surface area contributed by atoms with Crippen LogP contribution < -0.4 is 21.3 Å². The minimum absolute atomic E-state index is 0.193. The van der Waals surface area contributed by atoms with Crippen LogP contribution in [0.3, 0.4) is 0 Å². The molecule has 0 unspecified atom stereocenters. The number of rotatable bonds is 4. The van der Waals surface area contributed by atoms with Gasteiger partial charge < -0.3 is 41.7 Å². The molecule has 0 bridgehead atoms. The monoisotopic (exact) mass is 348 g/mol. The first-order valence-corrected chi connectivity index (χ1v) is 8.88. The van der Waals surface area contributed by atoms with Crippen LogP contribution in [0.2, 0.25) is 0 Å². The molecule has 0 aromatic rings. The van der Waals surface area contributed by atoms with Crippen LogP contribution in [-0.4, -0.2) is 95.2 Å². The van der Waals surface area contributed by atoms with Crippen molar-refractivity contribution in [3.63, 3.8) is 0 Å². The predicted molar refractivity (Wildman–Crippen MR) is 93.9 cm³/mol. The smallest absolute Gasteiger partial charge is 0.0677 e. The number of nitrogens with one attached hydrogen (secondary N) is 4. The third-order valence-corrected chi connectivity index (χ3v) is 4.73. The Kier molecular flexibility index (Phi) is 9.61. The minimum Gasteiger partial charge on any atom is -0.392 e. The first-order chi connectivity index (χ1) is 11.2. The highest BCUT2D eigenvalue weighted by Gasteiger charge is 2.26. The molecule has 8 nitrogen and oxygen atoms in total. The summed E-state index contributed by atoms with van der Waals surface area (Å²) in [5.41, 5.74) is 0. The van der Waals surface area contributed by atoms with E-state index in [1.165, 1.54) is 0 Å². The Morgan fingerprint density at radius 1 is 0.500 bits per heavy atom. The van der Waals surface area contributed by atoms with Crippen LogP contribution in [0.25, 0.3) is 0 Å². The van der Waals surface area contributed by atoms with Crippen LogP contribution in [0.1, 0.15) is 27.7 Å². The molecule has 8 atom stereocenters. The fourth-order valence-electron chi connectivity index (χ4n) is 2.77. The van der Waals surface area contributed by atoms with Crippen LogP contribution >= 0.6 is 0 Å². The maximum atomic E-state index is 9.95. The Morgan fingerprint density at radius 3 is 0.792 bits per heavy atom. The van der Waals surface area contributed by atoms with E-state index in [4.69, 9.17) is 0 Å². The molecule has 0 aliphatic carbocycles. The molecule has 0 radical (unpaired) electrons. The zero-order chi connectivity index (χ0) is 18.3. The Balaban J connectivity index is 2.84. The van der Waals surface area contributed by atoms with Crippen molar-refractivity contribution in [3.8, 4) is 0 Å². The van der Waals surface area contributed by atoms with Gasteiger partial charge in [0, 0.05) is 50.3 Å². The average Bonchev–Trinajstić information content (AvgIpc) is 2.46. The summed E-state index contributed by atoms with van der Waals surface area (Å²) in [6.45, 7) is 8.82. The van der Waals surface area contributed by atoms with Gasteiger partial charge >= 0.3 is 0 Å². The first kappa shape index (κ1) is 21.7. The summed E-state index contributed by atoms with van der Waals surface area (Å²) in [4.78, 5) is 0. The molecule has 1 fully saturated rings. The fourth-order valence-corrected chi connectivity index (χ4v) is 2.77. The van der Waals surface area contributed by atoms with Gasteiger partial charge in [0.1, 0.15) is 0 Å². The number of hydrogen-bond donors (Lipinski definition) is 8. The lowest BCUT2D eigenvalue weighted by atomic mass is 10.1. The second-order valence-corrected chi connectivity index (χ2v) is 7.02. The normalized spacial score (nSPS) is 36.0. The van der Waals surface area contributed by atoms with E-state index >= 15 is 0 Å². The van der Waals surface area contributed by atoms with Crippen LogP contribution in [0, 0.1) is 0 Å². The SMILES string of the molecule is C[C@H](O)[C@H]1CN[C@@H]([C@H](C)O)CN[C@@H]([C@H](C)O)CN[C@@H]([C@H](C)O)CN1. The summed E-state index contributed by atoms with van der Waals surface area (Å²) in [6, 6.07) is -0.773. The van der Waals surface area contributed by atoms with Crippen molar-refractivity contribution in [1.29, 1.82) is 0 Å². The summed E-state index contributed by atoms with van der Waals surface area (Å²) in [7, 11) is 0. The third kappa shape index (κ3) is 7.28. The predicted octanol–water partition coefficient (Wildman–Crippen LogP) is -2.64. The standard InChI is InChI=1S/C16H36N4O4/c1-9(21)13-5-18-15(11(3)23)7-20-16(12(4)24)8-19-14(6-17-13)10(2)22/h9-24H,5-8H2,1-4H3/t9-,10-,11-,12-,13+,14+,15+,16+/m0/s1. The summed E-state index contributed by atoms with van der Waals surface area (Å²) in [5, 5.41) is 52.9. The number of aliphatic hydroxyl groups is 4. The van der Waals surface area contributed by atoms with Gasteiger partial charge in [0.2, 0.25) is 0 Å². The van der Waals surface area contributed by atoms with Crippen molar-refractivity contribution in [2.75, 3.05) is 26.2 Å². The van der Waals surface area contributed by atoms with Gasteiger partial charge in [0.05, 0.1) is 24.4 Å². The Labute approximate surface area is 145 Å². The second-order valence-electron chi connectivity index (χ2n) is 7.02. The lowest BCUT2D eigenvalue weighted by Gasteiger charge is -2.34. The number of hydrogen-bond acceptors (Lipinski definition) is 8. The van der Waals surface area contributed by atoms with Gasteiger partial charge in [-0.15, -0.1) is 0 Å². The molecule has 0 saturated carbocycles. The van der Waals surface area contributed by atoms with E-state index in [1.54, 1.807) is 27.7 Å². The largest absolute Gasteiger partial charge is 0.392 e. The van der Waals surface area contributed by atoms with Crippen molar-refractivity contribution in [3.05, 3.63) is 0 Å². The Bertz CT molecular complexity index is 262. The highest BCUT2D eigenvalue weighted by molar-refractivity contribution is 4.88. The summed E-state index contributed by atoms with van der Waals surface area (Å²) in [5.74, 6) is 0. The molecule has 8 heteroatoms. The van der Waals surface area contributed by atoms with E-state index in [0.717, 1.165) is 0 Å². The van der Waals surface area contributed by atoms with E-state index < -0.39 is 24.4 Å². The fraction of sp³-hybridized carbons (Fsp3) is 1.00. The molecule has 24 heavy (non-hydrogen) atoms. The molecule has 0 aromatic heterocycles. The van der Waals surface area contributed by atoms with Crippen LogP contribution in [0.15, 0.2) is 0 Å². The van der Waals surface area contributed by atoms with Crippen LogP contribution in [-0.2, 0) is 0 Å². The second kappa shape index (κ2) is 10.6. The van der Waals surface area contributed by atoms with Gasteiger partial charge in [-0.1, -0.05) is 0 Å². The molecular formula is C16H36N4O4. The summed E-state index contributed by atoms with van der Waals surface area (Å²) >= 11 is 0.